The largest absolute Gasteiger partial charge is 0.743 e. The average molecular weight is 357 g/mol. The summed E-state index contributed by atoms with van der Waals surface area (Å²) < 4.78 is 66.4. The first-order valence-electron chi connectivity index (χ1n) is 7.63. The minimum absolute atomic E-state index is 0.136. The molecule has 0 aliphatic heterocycles. The molecule has 1 rings (SSSR count). The van der Waals surface area contributed by atoms with Gasteiger partial charge in [0.05, 0.1) is 18.8 Å². The fourth-order valence-corrected chi connectivity index (χ4v) is 2.92. The van der Waals surface area contributed by atoms with E-state index in [0.717, 1.165) is 25.7 Å². The van der Waals surface area contributed by atoms with Crippen LogP contribution in [0.4, 0.5) is 8.78 Å². The molecule has 23 heavy (non-hydrogen) atoms. The Morgan fingerprint density at radius 3 is 2.26 bits per heavy atom. The maximum atomic E-state index is 12.9. The maximum Gasteiger partial charge on any atom is 0.428 e. The van der Waals surface area contributed by atoms with Gasteiger partial charge >= 0.3 is 11.2 Å². The molecule has 1 aliphatic carbocycles. The van der Waals surface area contributed by atoms with Gasteiger partial charge in [0.15, 0.2) is 10.1 Å². The van der Waals surface area contributed by atoms with E-state index in [2.05, 4.69) is 4.74 Å². The van der Waals surface area contributed by atoms with Gasteiger partial charge < -0.3 is 14.0 Å². The van der Waals surface area contributed by atoms with Gasteiger partial charge in [-0.2, -0.15) is 8.78 Å². The Morgan fingerprint density at radius 2 is 1.74 bits per heavy atom. The van der Waals surface area contributed by atoms with Gasteiger partial charge in [0.1, 0.15) is 0 Å². The molecule has 0 radical (unpaired) electrons. The van der Waals surface area contributed by atoms with Gasteiger partial charge in [-0.1, -0.05) is 19.3 Å². The minimum atomic E-state index is -6.07. The number of carbonyl (C=O) groups excluding carboxylic acids is 1. The third-order valence-electron chi connectivity index (χ3n) is 4.14. The monoisotopic (exact) mass is 357 g/mol. The molecule has 0 aromatic heterocycles. The van der Waals surface area contributed by atoms with E-state index in [0.29, 0.717) is 5.92 Å². The molecule has 0 unspecified atom stereocenters. The van der Waals surface area contributed by atoms with Crippen LogP contribution < -0.4 is 0 Å². The van der Waals surface area contributed by atoms with Crippen molar-refractivity contribution in [1.82, 2.24) is 0 Å². The van der Waals surface area contributed by atoms with Crippen molar-refractivity contribution in [3.8, 4) is 0 Å². The van der Waals surface area contributed by atoms with Gasteiger partial charge in [0.2, 0.25) is 0 Å². The first-order valence-corrected chi connectivity index (χ1v) is 9.04. The predicted molar refractivity (Wildman–Crippen MR) is 76.8 cm³/mol. The summed E-state index contributed by atoms with van der Waals surface area (Å²) in [4.78, 5) is 10.9. The normalized spacial score (nSPS) is 18.0. The molecule has 1 saturated carbocycles. The molecule has 0 aromatic rings. The van der Waals surface area contributed by atoms with Crippen molar-refractivity contribution >= 4 is 16.1 Å². The maximum absolute atomic E-state index is 12.9. The fraction of sp³-hybridized carbons (Fsp3) is 0.929. The molecule has 0 amide bonds. The molecule has 0 saturated heterocycles. The zero-order valence-electron chi connectivity index (χ0n) is 13.3. The van der Waals surface area contributed by atoms with Crippen molar-refractivity contribution in [2.75, 3.05) is 13.2 Å². The van der Waals surface area contributed by atoms with Crippen LogP contribution in [0.1, 0.15) is 52.4 Å². The van der Waals surface area contributed by atoms with Crippen LogP contribution in [0.25, 0.3) is 0 Å². The Balaban J connectivity index is 2.31. The van der Waals surface area contributed by atoms with Gasteiger partial charge in [-0.05, 0) is 32.6 Å². The van der Waals surface area contributed by atoms with Crippen LogP contribution in [0.3, 0.4) is 0 Å². The summed E-state index contributed by atoms with van der Waals surface area (Å²) in [6, 6.07) is 0. The number of alkyl halides is 2. The zero-order valence-corrected chi connectivity index (χ0v) is 14.2. The highest BCUT2D eigenvalue weighted by molar-refractivity contribution is 7.87. The van der Waals surface area contributed by atoms with Crippen molar-refractivity contribution in [3.63, 3.8) is 0 Å². The summed E-state index contributed by atoms with van der Waals surface area (Å²) in [5, 5.41) is -5.06. The summed E-state index contributed by atoms with van der Waals surface area (Å²) in [5.74, 6) is -1.92. The number of halogens is 2. The van der Waals surface area contributed by atoms with E-state index in [1.807, 2.05) is 13.8 Å². The van der Waals surface area contributed by atoms with E-state index < -0.39 is 27.9 Å². The lowest BCUT2D eigenvalue weighted by atomic mass is 9.79. The molecular formula is C14H23F2O6S-. The van der Waals surface area contributed by atoms with E-state index in [9.17, 15) is 26.5 Å². The van der Waals surface area contributed by atoms with E-state index in [-0.39, 0.29) is 18.6 Å². The molecule has 0 spiro atoms. The Morgan fingerprint density at radius 1 is 1.17 bits per heavy atom. The third-order valence-corrected chi connectivity index (χ3v) is 4.93. The quantitative estimate of drug-likeness (QED) is 0.376. The minimum Gasteiger partial charge on any atom is -0.743 e. The number of carbonyl (C=O) groups is 1. The van der Waals surface area contributed by atoms with Crippen LogP contribution in [0.5, 0.6) is 0 Å². The molecule has 0 N–H and O–H groups in total. The fourth-order valence-electron chi connectivity index (χ4n) is 2.66. The molecule has 0 heterocycles. The number of hydrogen-bond acceptors (Lipinski definition) is 6. The highest BCUT2D eigenvalue weighted by Crippen LogP contribution is 2.34. The van der Waals surface area contributed by atoms with Gasteiger partial charge in [-0.25, -0.2) is 13.2 Å². The highest BCUT2D eigenvalue weighted by Gasteiger charge is 2.48. The Labute approximate surface area is 135 Å². The molecule has 0 atom stereocenters. The van der Waals surface area contributed by atoms with Crippen LogP contribution in [-0.2, 0) is 24.4 Å². The Hall–Kier alpha value is -0.800. The third kappa shape index (κ3) is 5.65. The SMILES string of the molecule is CC(C)(OCCCOC(=O)C(F)(F)S(=O)(=O)[O-])C1CCCCC1. The molecule has 9 heteroatoms. The first kappa shape index (κ1) is 20.2. The van der Waals surface area contributed by atoms with Gasteiger partial charge in [0.25, 0.3) is 0 Å². The lowest BCUT2D eigenvalue weighted by molar-refractivity contribution is -0.162. The van der Waals surface area contributed by atoms with Crippen LogP contribution in [0.2, 0.25) is 0 Å². The van der Waals surface area contributed by atoms with E-state index in [1.165, 1.54) is 6.42 Å². The van der Waals surface area contributed by atoms with E-state index in [4.69, 9.17) is 4.74 Å². The zero-order chi connectivity index (χ0) is 17.7. The smallest absolute Gasteiger partial charge is 0.428 e. The number of rotatable bonds is 8. The van der Waals surface area contributed by atoms with Crippen LogP contribution >= 0.6 is 0 Å². The van der Waals surface area contributed by atoms with Crippen molar-refractivity contribution in [2.24, 2.45) is 5.92 Å². The lowest BCUT2D eigenvalue weighted by Gasteiger charge is -2.37. The molecule has 136 valence electrons. The molecule has 1 fully saturated rings. The van der Waals surface area contributed by atoms with Crippen molar-refractivity contribution in [2.45, 2.75) is 63.2 Å². The summed E-state index contributed by atoms with van der Waals surface area (Å²) in [6.07, 6.45) is 5.84. The molecule has 1 aliphatic rings. The van der Waals surface area contributed by atoms with Crippen molar-refractivity contribution in [1.29, 1.82) is 0 Å². The van der Waals surface area contributed by atoms with E-state index in [1.54, 1.807) is 0 Å². The standard InChI is InChI=1S/C14H24F2O6S/c1-13(2,11-7-4-3-5-8-11)22-10-6-9-21-12(17)14(15,16)23(18,19)20/h11H,3-10H2,1-2H3,(H,18,19,20)/p-1. The summed E-state index contributed by atoms with van der Waals surface area (Å²) >= 11 is 0. The van der Waals surface area contributed by atoms with Crippen LogP contribution in [0.15, 0.2) is 0 Å². The summed E-state index contributed by atoms with van der Waals surface area (Å²) in [6.45, 7) is 3.68. The van der Waals surface area contributed by atoms with Crippen LogP contribution in [0, 0.1) is 5.92 Å². The Kier molecular flexibility index (Phi) is 6.91. The molecule has 6 nitrogen and oxygen atoms in total. The summed E-state index contributed by atoms with van der Waals surface area (Å²) in [5.41, 5.74) is -0.354. The predicted octanol–water partition coefficient (Wildman–Crippen LogP) is 2.43. The molecule has 0 bridgehead atoms. The second-order valence-electron chi connectivity index (χ2n) is 6.25. The lowest BCUT2D eigenvalue weighted by Crippen LogP contribution is -2.39. The van der Waals surface area contributed by atoms with Crippen LogP contribution in [-0.4, -0.2) is 43.0 Å². The van der Waals surface area contributed by atoms with Gasteiger partial charge in [-0.3, -0.25) is 0 Å². The second kappa shape index (κ2) is 7.85. The average Bonchev–Trinajstić information content (AvgIpc) is 2.46. The molecular weight excluding hydrogens is 334 g/mol. The van der Waals surface area contributed by atoms with Crippen molar-refractivity contribution in [3.05, 3.63) is 0 Å². The van der Waals surface area contributed by atoms with Gasteiger partial charge in [0, 0.05) is 6.42 Å². The van der Waals surface area contributed by atoms with E-state index >= 15 is 0 Å². The number of esters is 1. The number of ether oxygens (including phenoxy) is 2. The van der Waals surface area contributed by atoms with Crippen molar-refractivity contribution < 1.29 is 36.0 Å². The number of hydrogen-bond donors (Lipinski definition) is 0. The molecule has 0 aromatic carbocycles. The topological polar surface area (TPSA) is 92.7 Å². The summed E-state index contributed by atoms with van der Waals surface area (Å²) in [7, 11) is -6.07. The van der Waals surface area contributed by atoms with Gasteiger partial charge in [-0.15, -0.1) is 0 Å². The Bertz CT molecular complexity index is 497. The second-order valence-corrected chi connectivity index (χ2v) is 7.67. The first-order chi connectivity index (χ1) is 10.5. The highest BCUT2D eigenvalue weighted by atomic mass is 32.2.